The summed E-state index contributed by atoms with van der Waals surface area (Å²) in [6.45, 7) is 2.40. The summed E-state index contributed by atoms with van der Waals surface area (Å²) in [4.78, 5) is 26.0. The highest BCUT2D eigenvalue weighted by Gasteiger charge is 2.14. The van der Waals surface area contributed by atoms with Crippen LogP contribution in [0.3, 0.4) is 0 Å². The molecular weight excluding hydrogens is 236 g/mol. The average molecular weight is 254 g/mol. The van der Waals surface area contributed by atoms with Crippen LogP contribution in [0.1, 0.15) is 32.6 Å². The normalized spacial score (nSPS) is 12.1. The van der Waals surface area contributed by atoms with Crippen molar-refractivity contribution in [2.75, 3.05) is 0 Å². The Morgan fingerprint density at radius 3 is 2.83 bits per heavy atom. The van der Waals surface area contributed by atoms with Crippen molar-refractivity contribution in [3.8, 4) is 0 Å². The second kappa shape index (κ2) is 7.41. The van der Waals surface area contributed by atoms with Gasteiger partial charge in [-0.3, -0.25) is 14.3 Å². The number of carboxylic acid groups (broad SMARTS) is 1. The highest BCUT2D eigenvalue weighted by Crippen LogP contribution is 2.02. The van der Waals surface area contributed by atoms with E-state index >= 15 is 0 Å². The zero-order valence-electron chi connectivity index (χ0n) is 10.4. The maximum Gasteiger partial charge on any atom is 0.305 e. The quantitative estimate of drug-likeness (QED) is 0.701. The Hall–Kier alpha value is -1.92. The van der Waals surface area contributed by atoms with E-state index in [-0.39, 0.29) is 24.8 Å². The number of aryl methyl sites for hydroxylation is 1. The van der Waals surface area contributed by atoms with Gasteiger partial charge in [0.2, 0.25) is 5.91 Å². The van der Waals surface area contributed by atoms with Gasteiger partial charge >= 0.3 is 5.97 Å². The number of hydrogen-bond acceptors (Lipinski definition) is 4. The standard InChI is InChI=1S/C11H18N4O3/c1-2-3-9(6-11(17)18)14-10(16)4-5-15-8-12-7-13-15/h7-9H,2-6H2,1H3,(H,14,16)(H,17,18). The van der Waals surface area contributed by atoms with Gasteiger partial charge in [-0.25, -0.2) is 4.98 Å². The molecule has 100 valence electrons. The van der Waals surface area contributed by atoms with Crippen LogP contribution in [0.25, 0.3) is 0 Å². The monoisotopic (exact) mass is 254 g/mol. The van der Waals surface area contributed by atoms with Crippen molar-refractivity contribution in [1.82, 2.24) is 20.1 Å². The minimum Gasteiger partial charge on any atom is -0.481 e. The van der Waals surface area contributed by atoms with Crippen LogP contribution in [0.4, 0.5) is 0 Å². The molecule has 7 nitrogen and oxygen atoms in total. The first-order valence-electron chi connectivity index (χ1n) is 5.95. The van der Waals surface area contributed by atoms with Crippen LogP contribution in [0.5, 0.6) is 0 Å². The molecule has 1 aromatic rings. The van der Waals surface area contributed by atoms with E-state index in [0.717, 1.165) is 6.42 Å². The fraction of sp³-hybridized carbons (Fsp3) is 0.636. The molecule has 1 rings (SSSR count). The summed E-state index contributed by atoms with van der Waals surface area (Å²) in [5.74, 6) is -1.06. The van der Waals surface area contributed by atoms with Gasteiger partial charge in [-0.05, 0) is 6.42 Å². The molecule has 0 saturated carbocycles. The molecular formula is C11H18N4O3. The van der Waals surface area contributed by atoms with E-state index in [1.165, 1.54) is 12.7 Å². The summed E-state index contributed by atoms with van der Waals surface area (Å²) < 4.78 is 1.56. The molecule has 0 radical (unpaired) electrons. The van der Waals surface area contributed by atoms with Crippen molar-refractivity contribution < 1.29 is 14.7 Å². The van der Waals surface area contributed by atoms with Crippen LogP contribution in [-0.4, -0.2) is 37.8 Å². The SMILES string of the molecule is CCCC(CC(=O)O)NC(=O)CCn1cncn1. The van der Waals surface area contributed by atoms with Gasteiger partial charge in [-0.1, -0.05) is 13.3 Å². The van der Waals surface area contributed by atoms with E-state index in [0.29, 0.717) is 13.0 Å². The lowest BCUT2D eigenvalue weighted by molar-refractivity contribution is -0.137. The molecule has 1 unspecified atom stereocenters. The number of carboxylic acids is 1. The van der Waals surface area contributed by atoms with Crippen LogP contribution < -0.4 is 5.32 Å². The maximum atomic E-state index is 11.6. The summed E-state index contributed by atoms with van der Waals surface area (Å²) in [6, 6.07) is -0.296. The maximum absolute atomic E-state index is 11.6. The Balaban J connectivity index is 2.33. The van der Waals surface area contributed by atoms with Crippen LogP contribution >= 0.6 is 0 Å². The number of carbonyl (C=O) groups excluding carboxylic acids is 1. The van der Waals surface area contributed by atoms with E-state index in [1.54, 1.807) is 4.68 Å². The molecule has 0 fully saturated rings. The molecule has 1 heterocycles. The summed E-state index contributed by atoms with van der Waals surface area (Å²) in [5.41, 5.74) is 0. The summed E-state index contributed by atoms with van der Waals surface area (Å²) >= 11 is 0. The van der Waals surface area contributed by atoms with E-state index in [1.807, 2.05) is 6.92 Å². The number of hydrogen-bond donors (Lipinski definition) is 2. The number of amides is 1. The van der Waals surface area contributed by atoms with Crippen molar-refractivity contribution >= 4 is 11.9 Å². The van der Waals surface area contributed by atoms with Gasteiger partial charge < -0.3 is 10.4 Å². The molecule has 0 saturated heterocycles. The van der Waals surface area contributed by atoms with E-state index in [2.05, 4.69) is 15.4 Å². The molecule has 1 atom stereocenters. The largest absolute Gasteiger partial charge is 0.481 e. The Morgan fingerprint density at radius 2 is 2.28 bits per heavy atom. The first-order valence-corrected chi connectivity index (χ1v) is 5.95. The Bertz CT molecular complexity index is 378. The van der Waals surface area contributed by atoms with Gasteiger partial charge in [0.05, 0.1) is 13.0 Å². The molecule has 2 N–H and O–H groups in total. The minimum absolute atomic E-state index is 0.0388. The topological polar surface area (TPSA) is 97.1 Å². The molecule has 0 aliphatic carbocycles. The molecule has 0 aliphatic rings. The van der Waals surface area contributed by atoms with E-state index in [4.69, 9.17) is 5.11 Å². The number of aliphatic carboxylic acids is 1. The first-order chi connectivity index (χ1) is 8.61. The van der Waals surface area contributed by atoms with Crippen LogP contribution in [0.2, 0.25) is 0 Å². The minimum atomic E-state index is -0.898. The third-order valence-electron chi connectivity index (χ3n) is 2.46. The molecule has 1 amide bonds. The lowest BCUT2D eigenvalue weighted by Gasteiger charge is -2.15. The van der Waals surface area contributed by atoms with Crippen molar-refractivity contribution in [3.63, 3.8) is 0 Å². The van der Waals surface area contributed by atoms with Crippen LogP contribution in [0, 0.1) is 0 Å². The van der Waals surface area contributed by atoms with Crippen LogP contribution in [0.15, 0.2) is 12.7 Å². The van der Waals surface area contributed by atoms with E-state index < -0.39 is 5.97 Å². The number of rotatable bonds is 8. The highest BCUT2D eigenvalue weighted by molar-refractivity contribution is 5.77. The molecule has 0 aliphatic heterocycles. The number of aromatic nitrogens is 3. The molecule has 1 aromatic heterocycles. The summed E-state index contributed by atoms with van der Waals surface area (Å²) in [5, 5.41) is 15.3. The number of nitrogens with one attached hydrogen (secondary N) is 1. The van der Waals surface area contributed by atoms with Crippen molar-refractivity contribution in [2.45, 2.75) is 45.2 Å². The fourth-order valence-electron chi connectivity index (χ4n) is 1.65. The zero-order valence-corrected chi connectivity index (χ0v) is 10.4. The number of nitrogens with zero attached hydrogens (tertiary/aromatic N) is 3. The molecule has 0 aromatic carbocycles. The van der Waals surface area contributed by atoms with Gasteiger partial charge in [0.25, 0.3) is 0 Å². The smallest absolute Gasteiger partial charge is 0.305 e. The van der Waals surface area contributed by atoms with Crippen LogP contribution in [-0.2, 0) is 16.1 Å². The Labute approximate surface area is 105 Å². The lowest BCUT2D eigenvalue weighted by atomic mass is 10.1. The molecule has 0 spiro atoms. The third-order valence-corrected chi connectivity index (χ3v) is 2.46. The highest BCUT2D eigenvalue weighted by atomic mass is 16.4. The predicted molar refractivity (Wildman–Crippen MR) is 63.7 cm³/mol. The molecule has 18 heavy (non-hydrogen) atoms. The van der Waals surface area contributed by atoms with Crippen molar-refractivity contribution in [1.29, 1.82) is 0 Å². The Morgan fingerprint density at radius 1 is 1.50 bits per heavy atom. The molecule has 7 heteroatoms. The van der Waals surface area contributed by atoms with E-state index in [9.17, 15) is 9.59 Å². The zero-order chi connectivity index (χ0) is 13.4. The third kappa shape index (κ3) is 5.42. The second-order valence-corrected chi connectivity index (χ2v) is 4.06. The first kappa shape index (κ1) is 14.1. The summed E-state index contributed by atoms with van der Waals surface area (Å²) in [6.07, 6.45) is 4.67. The van der Waals surface area contributed by atoms with Crippen molar-refractivity contribution in [2.24, 2.45) is 0 Å². The lowest BCUT2D eigenvalue weighted by Crippen LogP contribution is -2.36. The summed E-state index contributed by atoms with van der Waals surface area (Å²) in [7, 11) is 0. The average Bonchev–Trinajstić information content (AvgIpc) is 2.78. The Kier molecular flexibility index (Phi) is 5.83. The van der Waals surface area contributed by atoms with Gasteiger partial charge in [0, 0.05) is 12.5 Å². The fourth-order valence-corrected chi connectivity index (χ4v) is 1.65. The van der Waals surface area contributed by atoms with Gasteiger partial charge in [0.15, 0.2) is 0 Å². The second-order valence-electron chi connectivity index (χ2n) is 4.06. The van der Waals surface area contributed by atoms with Gasteiger partial charge in [0.1, 0.15) is 12.7 Å². The van der Waals surface area contributed by atoms with Gasteiger partial charge in [-0.15, -0.1) is 0 Å². The number of carbonyl (C=O) groups is 2. The molecule has 0 bridgehead atoms. The predicted octanol–water partition coefficient (Wildman–Crippen LogP) is 0.428. The van der Waals surface area contributed by atoms with Gasteiger partial charge in [-0.2, -0.15) is 5.10 Å². The van der Waals surface area contributed by atoms with Crippen molar-refractivity contribution in [3.05, 3.63) is 12.7 Å².